The minimum Gasteiger partial charge on any atom is -0.294 e. The summed E-state index contributed by atoms with van der Waals surface area (Å²) in [4.78, 5) is 4.62. The molecule has 0 saturated heterocycles. The highest BCUT2D eigenvalue weighted by atomic mass is 31.0. The van der Waals surface area contributed by atoms with Gasteiger partial charge in [0.1, 0.15) is 0 Å². The van der Waals surface area contributed by atoms with E-state index in [0.717, 1.165) is 31.4 Å². The zero-order valence-corrected chi connectivity index (χ0v) is 16.7. The van der Waals surface area contributed by atoms with Crippen LogP contribution in [0, 0.1) is 6.92 Å². The fourth-order valence-electron chi connectivity index (χ4n) is 2.57. The number of aliphatic imine (C=N–C) groups is 1. The van der Waals surface area contributed by atoms with E-state index in [0.29, 0.717) is 0 Å². The van der Waals surface area contributed by atoms with Crippen molar-refractivity contribution >= 4 is 26.3 Å². The Morgan fingerprint density at radius 2 is 1.96 bits per heavy atom. The smallest absolute Gasteiger partial charge is 0.0388 e. The molecule has 0 fully saturated rings. The van der Waals surface area contributed by atoms with E-state index in [-0.39, 0.29) is 0 Å². The summed E-state index contributed by atoms with van der Waals surface area (Å²) in [7, 11) is 2.85. The van der Waals surface area contributed by atoms with E-state index in [1.165, 1.54) is 39.7 Å². The molecular formula is C21H32NP. The molecule has 0 saturated carbocycles. The fraction of sp³-hybridized carbons (Fsp3) is 0.476. The maximum atomic E-state index is 4.62. The van der Waals surface area contributed by atoms with Crippen LogP contribution in [0.25, 0.3) is 6.08 Å². The summed E-state index contributed by atoms with van der Waals surface area (Å²) in [5.41, 5.74) is 7.63. The third-order valence-corrected chi connectivity index (χ3v) is 4.71. The van der Waals surface area contributed by atoms with Crippen LogP contribution in [0.2, 0.25) is 0 Å². The van der Waals surface area contributed by atoms with Gasteiger partial charge in [-0.15, -0.1) is 9.24 Å². The van der Waals surface area contributed by atoms with Crippen LogP contribution in [0.15, 0.2) is 34.9 Å². The summed E-state index contributed by atoms with van der Waals surface area (Å²) >= 11 is 0. The molecule has 1 unspecified atom stereocenters. The highest BCUT2D eigenvalue weighted by Gasteiger charge is 2.05. The van der Waals surface area contributed by atoms with Crippen molar-refractivity contribution in [2.24, 2.45) is 4.99 Å². The van der Waals surface area contributed by atoms with Gasteiger partial charge < -0.3 is 0 Å². The predicted molar refractivity (Wildman–Crippen MR) is 110 cm³/mol. The number of allylic oxidation sites excluding steroid dienone is 2. The fourth-order valence-corrected chi connectivity index (χ4v) is 2.98. The Bertz CT molecular complexity index is 609. The maximum Gasteiger partial charge on any atom is 0.0388 e. The molecule has 0 aliphatic heterocycles. The van der Waals surface area contributed by atoms with Gasteiger partial charge in [-0.1, -0.05) is 45.1 Å². The first kappa shape index (κ1) is 19.8. The number of aryl methyl sites for hydroxylation is 2. The maximum absolute atomic E-state index is 4.62. The SMILES string of the molecule is C=C(CC(C)=NCCCC)/C(C)=C/c1cc(CC)c(C)cc1P. The molecule has 0 aliphatic carbocycles. The largest absolute Gasteiger partial charge is 0.294 e. The van der Waals surface area contributed by atoms with Crippen molar-refractivity contribution in [3.63, 3.8) is 0 Å². The quantitative estimate of drug-likeness (QED) is 0.252. The van der Waals surface area contributed by atoms with Gasteiger partial charge >= 0.3 is 0 Å². The van der Waals surface area contributed by atoms with Crippen LogP contribution in [0.3, 0.4) is 0 Å². The van der Waals surface area contributed by atoms with Crippen LogP contribution in [-0.2, 0) is 6.42 Å². The number of benzene rings is 1. The molecule has 0 bridgehead atoms. The second kappa shape index (κ2) is 9.83. The zero-order chi connectivity index (χ0) is 17.4. The average Bonchev–Trinajstić information content (AvgIpc) is 2.50. The Hall–Kier alpha value is -1.20. The van der Waals surface area contributed by atoms with E-state index in [2.05, 4.69) is 73.6 Å². The molecule has 0 amide bonds. The van der Waals surface area contributed by atoms with Crippen LogP contribution >= 0.6 is 9.24 Å². The van der Waals surface area contributed by atoms with Gasteiger partial charge in [-0.3, -0.25) is 4.99 Å². The molecule has 0 aliphatic rings. The molecule has 126 valence electrons. The van der Waals surface area contributed by atoms with Crippen LogP contribution in [0.5, 0.6) is 0 Å². The minimum absolute atomic E-state index is 0.866. The van der Waals surface area contributed by atoms with Crippen molar-refractivity contribution in [3.05, 3.63) is 46.5 Å². The molecule has 0 heterocycles. The van der Waals surface area contributed by atoms with Crippen molar-refractivity contribution < 1.29 is 0 Å². The lowest BCUT2D eigenvalue weighted by molar-refractivity contribution is 0.806. The number of rotatable bonds is 8. The van der Waals surface area contributed by atoms with Gasteiger partial charge in [0.15, 0.2) is 0 Å². The molecule has 0 spiro atoms. The summed E-state index contributed by atoms with van der Waals surface area (Å²) in [5, 5.41) is 1.25. The average molecular weight is 329 g/mol. The Balaban J connectivity index is 2.87. The highest BCUT2D eigenvalue weighted by Crippen LogP contribution is 2.19. The van der Waals surface area contributed by atoms with E-state index in [4.69, 9.17) is 0 Å². The number of nitrogens with zero attached hydrogens (tertiary/aromatic N) is 1. The third-order valence-electron chi connectivity index (χ3n) is 4.21. The van der Waals surface area contributed by atoms with Crippen LogP contribution in [-0.4, -0.2) is 12.3 Å². The number of unbranched alkanes of at least 4 members (excludes halogenated alkanes) is 1. The third kappa shape index (κ3) is 6.43. The van der Waals surface area contributed by atoms with Gasteiger partial charge in [0, 0.05) is 18.7 Å². The van der Waals surface area contributed by atoms with E-state index < -0.39 is 0 Å². The van der Waals surface area contributed by atoms with Gasteiger partial charge in [-0.2, -0.15) is 0 Å². The summed E-state index contributed by atoms with van der Waals surface area (Å²) in [5.74, 6) is 0. The van der Waals surface area contributed by atoms with Crippen LogP contribution < -0.4 is 5.30 Å². The lowest BCUT2D eigenvalue weighted by Gasteiger charge is -2.11. The molecule has 0 radical (unpaired) electrons. The minimum atomic E-state index is 0.866. The Kier molecular flexibility index (Phi) is 8.48. The second-order valence-electron chi connectivity index (χ2n) is 6.34. The zero-order valence-electron chi connectivity index (χ0n) is 15.5. The van der Waals surface area contributed by atoms with Crippen molar-refractivity contribution in [1.29, 1.82) is 0 Å². The molecule has 1 aromatic rings. The van der Waals surface area contributed by atoms with Gasteiger partial charge in [-0.25, -0.2) is 0 Å². The topological polar surface area (TPSA) is 12.4 Å². The monoisotopic (exact) mass is 329 g/mol. The first-order chi connectivity index (χ1) is 10.9. The van der Waals surface area contributed by atoms with Crippen molar-refractivity contribution in [2.75, 3.05) is 6.54 Å². The Labute approximate surface area is 145 Å². The van der Waals surface area contributed by atoms with Crippen LogP contribution in [0.1, 0.15) is 63.6 Å². The molecule has 2 heteroatoms. The first-order valence-corrected chi connectivity index (χ1v) is 9.22. The Morgan fingerprint density at radius 1 is 1.26 bits per heavy atom. The molecule has 0 N–H and O–H groups in total. The van der Waals surface area contributed by atoms with Gasteiger partial charge in [0.25, 0.3) is 0 Å². The molecule has 1 aromatic carbocycles. The standard InChI is InChI=1S/C21H32NP/c1-7-9-10-22-18(6)11-15(3)16(4)12-20-14-19(8-2)17(5)13-21(20)23/h12-14H,3,7-11,23H2,1-2,4-6H3/b16-12+,22-18?. The lowest BCUT2D eigenvalue weighted by atomic mass is 9.98. The molecule has 0 aromatic heterocycles. The summed E-state index contributed by atoms with van der Waals surface area (Å²) in [6.07, 6.45) is 6.55. The number of hydrogen-bond acceptors (Lipinski definition) is 1. The van der Waals surface area contributed by atoms with Crippen LogP contribution in [0.4, 0.5) is 0 Å². The molecule has 1 atom stereocenters. The molecular weight excluding hydrogens is 297 g/mol. The van der Waals surface area contributed by atoms with E-state index >= 15 is 0 Å². The van der Waals surface area contributed by atoms with Crippen molar-refractivity contribution in [1.82, 2.24) is 0 Å². The Morgan fingerprint density at radius 3 is 2.57 bits per heavy atom. The molecule has 1 nitrogen and oxygen atoms in total. The van der Waals surface area contributed by atoms with Crippen molar-refractivity contribution in [3.8, 4) is 0 Å². The van der Waals surface area contributed by atoms with Crippen molar-refractivity contribution in [2.45, 2.75) is 60.3 Å². The second-order valence-corrected chi connectivity index (χ2v) is 6.96. The summed E-state index contributed by atoms with van der Waals surface area (Å²) in [6, 6.07) is 4.56. The predicted octanol–water partition coefficient (Wildman–Crippen LogP) is 5.67. The van der Waals surface area contributed by atoms with Gasteiger partial charge in [0.05, 0.1) is 0 Å². The normalized spacial score (nSPS) is 12.6. The first-order valence-electron chi connectivity index (χ1n) is 8.64. The van der Waals surface area contributed by atoms with E-state index in [1.54, 1.807) is 0 Å². The lowest BCUT2D eigenvalue weighted by Crippen LogP contribution is -2.03. The summed E-state index contributed by atoms with van der Waals surface area (Å²) in [6.45, 7) is 16.0. The van der Waals surface area contributed by atoms with E-state index in [1.807, 2.05) is 0 Å². The van der Waals surface area contributed by atoms with E-state index in [9.17, 15) is 0 Å². The highest BCUT2D eigenvalue weighted by molar-refractivity contribution is 7.27. The summed E-state index contributed by atoms with van der Waals surface area (Å²) < 4.78 is 0. The molecule has 23 heavy (non-hydrogen) atoms. The number of hydrogen-bond donors (Lipinski definition) is 0. The van der Waals surface area contributed by atoms with Gasteiger partial charge in [-0.05, 0) is 66.8 Å². The molecule has 1 rings (SSSR count). The van der Waals surface area contributed by atoms with Gasteiger partial charge in [0.2, 0.25) is 0 Å².